The van der Waals surface area contributed by atoms with Crippen LogP contribution >= 0.6 is 11.8 Å². The Bertz CT molecular complexity index is 1030. The number of aromatic nitrogens is 3. The highest BCUT2D eigenvalue weighted by Crippen LogP contribution is 2.23. The molecule has 0 bridgehead atoms. The molecule has 10 heteroatoms. The quantitative estimate of drug-likeness (QED) is 0.569. The van der Waals surface area contributed by atoms with E-state index in [0.717, 1.165) is 11.8 Å². The monoisotopic (exact) mass is 431 g/mol. The first-order valence-corrected chi connectivity index (χ1v) is 10.3. The van der Waals surface area contributed by atoms with E-state index in [0.29, 0.717) is 23.0 Å². The minimum atomic E-state index is -0.749. The Hall–Kier alpha value is -3.14. The summed E-state index contributed by atoms with van der Waals surface area (Å²) in [6, 6.07) is 7.09. The van der Waals surface area contributed by atoms with Crippen molar-refractivity contribution in [1.82, 2.24) is 20.0 Å². The van der Waals surface area contributed by atoms with Gasteiger partial charge in [-0.05, 0) is 19.9 Å². The van der Waals surface area contributed by atoms with E-state index in [2.05, 4.69) is 20.8 Å². The smallest absolute Gasteiger partial charge is 0.238 e. The summed E-state index contributed by atoms with van der Waals surface area (Å²) in [7, 11) is 1.77. The molecule has 0 spiro atoms. The van der Waals surface area contributed by atoms with Gasteiger partial charge in [0.1, 0.15) is 23.4 Å². The lowest BCUT2D eigenvalue weighted by molar-refractivity contribution is -0.119. The van der Waals surface area contributed by atoms with Gasteiger partial charge >= 0.3 is 0 Å². The molecule has 2 unspecified atom stereocenters. The molecule has 0 radical (unpaired) electrons. The molecule has 0 aliphatic heterocycles. The Morgan fingerprint density at radius 2 is 2.10 bits per heavy atom. The van der Waals surface area contributed by atoms with Crippen molar-refractivity contribution >= 4 is 29.4 Å². The van der Waals surface area contributed by atoms with Crippen LogP contribution in [0.1, 0.15) is 30.1 Å². The van der Waals surface area contributed by atoms with Crippen LogP contribution in [0.3, 0.4) is 0 Å². The highest BCUT2D eigenvalue weighted by atomic mass is 32.2. The number of rotatable bonds is 8. The maximum atomic E-state index is 14.4. The first kappa shape index (κ1) is 21.6. The average Bonchev–Trinajstić information content (AvgIpc) is 3.32. The fraction of sp³-hybridized carbons (Fsp3) is 0.300. The van der Waals surface area contributed by atoms with Crippen LogP contribution in [0.25, 0.3) is 0 Å². The largest absolute Gasteiger partial charge is 0.360 e. The number of anilines is 1. The Morgan fingerprint density at radius 1 is 1.33 bits per heavy atom. The molecule has 8 nitrogen and oxygen atoms in total. The molecule has 0 aliphatic carbocycles. The van der Waals surface area contributed by atoms with Crippen molar-refractivity contribution in [3.8, 4) is 0 Å². The number of halogens is 1. The summed E-state index contributed by atoms with van der Waals surface area (Å²) >= 11 is 1.16. The molecule has 0 saturated heterocycles. The number of carbonyl (C=O) groups is 2. The Labute approximate surface area is 177 Å². The van der Waals surface area contributed by atoms with Crippen LogP contribution < -0.4 is 10.6 Å². The molecule has 2 aromatic heterocycles. The van der Waals surface area contributed by atoms with Crippen LogP contribution in [0, 0.1) is 12.7 Å². The fourth-order valence-electron chi connectivity index (χ4n) is 2.78. The van der Waals surface area contributed by atoms with E-state index in [1.807, 2.05) is 0 Å². The van der Waals surface area contributed by atoms with Crippen LogP contribution in [-0.4, -0.2) is 37.5 Å². The van der Waals surface area contributed by atoms with Gasteiger partial charge in [-0.15, -0.1) is 11.8 Å². The van der Waals surface area contributed by atoms with Crippen LogP contribution in [-0.2, 0) is 16.6 Å². The molecule has 1 aromatic carbocycles. The summed E-state index contributed by atoms with van der Waals surface area (Å²) in [5.41, 5.74) is 0.317. The summed E-state index contributed by atoms with van der Waals surface area (Å²) in [5, 5.41) is 8.66. The van der Waals surface area contributed by atoms with E-state index in [9.17, 15) is 14.0 Å². The molecule has 3 rings (SSSR count). The average molecular weight is 431 g/mol. The van der Waals surface area contributed by atoms with Gasteiger partial charge in [0, 0.05) is 31.1 Å². The molecular weight excluding hydrogens is 409 g/mol. The predicted octanol–water partition coefficient (Wildman–Crippen LogP) is 2.82. The summed E-state index contributed by atoms with van der Waals surface area (Å²) in [4.78, 5) is 29.1. The number of aryl methyl sites for hydroxylation is 2. The van der Waals surface area contributed by atoms with Gasteiger partial charge in [0.05, 0.1) is 11.0 Å². The van der Waals surface area contributed by atoms with E-state index >= 15 is 0 Å². The number of hydrogen-bond acceptors (Lipinski definition) is 6. The van der Waals surface area contributed by atoms with Gasteiger partial charge in [-0.3, -0.25) is 9.59 Å². The zero-order chi connectivity index (χ0) is 21.7. The lowest BCUT2D eigenvalue weighted by atomic mass is 10.1. The molecular formula is C20H22FN5O3S. The SMILES string of the molecule is Cc1cc(NC(=O)C(C)SCC(=O)NC(c2ccccc2F)c2nccn2C)no1. The first-order valence-electron chi connectivity index (χ1n) is 9.22. The van der Waals surface area contributed by atoms with Crippen LogP contribution in [0.5, 0.6) is 0 Å². The molecule has 0 aliphatic rings. The summed E-state index contributed by atoms with van der Waals surface area (Å²) in [6.07, 6.45) is 3.31. The number of amides is 2. The van der Waals surface area contributed by atoms with Gasteiger partial charge in [0.15, 0.2) is 5.82 Å². The number of imidazole rings is 1. The number of hydrogen-bond donors (Lipinski definition) is 2. The highest BCUT2D eigenvalue weighted by Gasteiger charge is 2.24. The first-order chi connectivity index (χ1) is 14.3. The lowest BCUT2D eigenvalue weighted by Gasteiger charge is -2.20. The predicted molar refractivity (Wildman–Crippen MR) is 111 cm³/mol. The van der Waals surface area contributed by atoms with Gasteiger partial charge in [0.25, 0.3) is 0 Å². The van der Waals surface area contributed by atoms with Crippen molar-refractivity contribution in [3.63, 3.8) is 0 Å². The Balaban J connectivity index is 1.63. The fourth-order valence-corrected chi connectivity index (χ4v) is 3.47. The van der Waals surface area contributed by atoms with Crippen molar-refractivity contribution in [1.29, 1.82) is 0 Å². The zero-order valence-corrected chi connectivity index (χ0v) is 17.6. The van der Waals surface area contributed by atoms with Crippen molar-refractivity contribution in [2.75, 3.05) is 11.1 Å². The summed E-state index contributed by atoms with van der Waals surface area (Å²) < 4.78 is 21.0. The summed E-state index contributed by atoms with van der Waals surface area (Å²) in [6.45, 7) is 3.41. The minimum Gasteiger partial charge on any atom is -0.360 e. The van der Waals surface area contributed by atoms with E-state index in [-0.39, 0.29) is 17.6 Å². The molecule has 3 aromatic rings. The van der Waals surface area contributed by atoms with Gasteiger partial charge in [-0.2, -0.15) is 0 Å². The summed E-state index contributed by atoms with van der Waals surface area (Å²) in [5.74, 6) is 0.355. The third-order valence-corrected chi connectivity index (χ3v) is 5.49. The molecule has 2 atom stereocenters. The molecule has 158 valence electrons. The van der Waals surface area contributed by atoms with E-state index < -0.39 is 17.1 Å². The van der Waals surface area contributed by atoms with Gasteiger partial charge < -0.3 is 19.7 Å². The molecule has 2 amide bonds. The second-order valence-corrected chi connectivity index (χ2v) is 8.01. The zero-order valence-electron chi connectivity index (χ0n) is 16.8. The number of carbonyl (C=O) groups excluding carboxylic acids is 2. The number of thioether (sulfide) groups is 1. The van der Waals surface area contributed by atoms with E-state index in [1.165, 1.54) is 6.07 Å². The van der Waals surface area contributed by atoms with Crippen LogP contribution in [0.4, 0.5) is 10.2 Å². The molecule has 2 N–H and O–H groups in total. The topological polar surface area (TPSA) is 102 Å². The number of nitrogens with zero attached hydrogens (tertiary/aromatic N) is 3. The third kappa shape index (κ3) is 5.26. The Kier molecular flexibility index (Phi) is 6.88. The van der Waals surface area contributed by atoms with E-state index in [1.54, 1.807) is 62.1 Å². The third-order valence-electron chi connectivity index (χ3n) is 4.35. The second kappa shape index (κ2) is 9.57. The highest BCUT2D eigenvalue weighted by molar-refractivity contribution is 8.01. The maximum absolute atomic E-state index is 14.4. The van der Waals surface area contributed by atoms with Crippen molar-refractivity contribution < 1.29 is 18.5 Å². The molecule has 0 fully saturated rings. The molecule has 2 heterocycles. The van der Waals surface area contributed by atoms with Crippen molar-refractivity contribution in [2.45, 2.75) is 25.1 Å². The standard InChI is InChI=1S/C20H22FN5O3S/c1-12-10-16(25-29-12)23-20(28)13(2)30-11-17(27)24-18(19-22-8-9-26(19)3)14-6-4-5-7-15(14)21/h4-10,13,18H,11H2,1-3H3,(H,24,27)(H,23,25,28). The maximum Gasteiger partial charge on any atom is 0.238 e. The molecule has 30 heavy (non-hydrogen) atoms. The lowest BCUT2D eigenvalue weighted by Crippen LogP contribution is -2.34. The number of nitrogens with one attached hydrogen (secondary N) is 2. The Morgan fingerprint density at radius 3 is 2.73 bits per heavy atom. The normalized spacial score (nSPS) is 12.9. The van der Waals surface area contributed by atoms with Crippen molar-refractivity contribution in [3.05, 3.63) is 65.7 Å². The number of benzene rings is 1. The van der Waals surface area contributed by atoms with Gasteiger partial charge in [0.2, 0.25) is 11.8 Å². The van der Waals surface area contributed by atoms with Crippen LogP contribution in [0.15, 0.2) is 47.2 Å². The second-order valence-electron chi connectivity index (χ2n) is 6.68. The molecule has 0 saturated carbocycles. The van der Waals surface area contributed by atoms with Crippen molar-refractivity contribution in [2.24, 2.45) is 7.05 Å². The van der Waals surface area contributed by atoms with E-state index in [4.69, 9.17) is 4.52 Å². The van der Waals surface area contributed by atoms with Gasteiger partial charge in [-0.1, -0.05) is 23.4 Å². The van der Waals surface area contributed by atoms with Gasteiger partial charge in [-0.25, -0.2) is 9.37 Å². The minimum absolute atomic E-state index is 0.0157. The van der Waals surface area contributed by atoms with Crippen LogP contribution in [0.2, 0.25) is 0 Å².